The zero-order valence-electron chi connectivity index (χ0n) is 15.9. The molecule has 3 nitrogen and oxygen atoms in total. The SMILES string of the molecule is Cc1ccc(C(c2ccc(-c3ccccc3)cc2)N2CCCNCC2)nc1. The lowest BCUT2D eigenvalue weighted by atomic mass is 9.97. The minimum absolute atomic E-state index is 0.204. The van der Waals surface area contributed by atoms with Gasteiger partial charge >= 0.3 is 0 Å². The second-order valence-electron chi connectivity index (χ2n) is 7.29. The zero-order valence-corrected chi connectivity index (χ0v) is 15.9. The molecule has 4 rings (SSSR count). The highest BCUT2D eigenvalue weighted by Gasteiger charge is 2.24. The normalized spacial score (nSPS) is 16.6. The molecular formula is C24H27N3. The number of benzene rings is 2. The molecule has 1 N–H and O–H groups in total. The number of aryl methyl sites for hydroxylation is 1. The molecule has 0 bridgehead atoms. The van der Waals surface area contributed by atoms with Crippen molar-refractivity contribution >= 4 is 0 Å². The van der Waals surface area contributed by atoms with E-state index in [1.165, 1.54) is 28.7 Å². The topological polar surface area (TPSA) is 28.2 Å². The highest BCUT2D eigenvalue weighted by Crippen LogP contribution is 2.30. The van der Waals surface area contributed by atoms with E-state index in [2.05, 4.69) is 83.9 Å². The van der Waals surface area contributed by atoms with Crippen molar-refractivity contribution in [1.29, 1.82) is 0 Å². The van der Waals surface area contributed by atoms with Gasteiger partial charge in [-0.15, -0.1) is 0 Å². The van der Waals surface area contributed by atoms with E-state index in [4.69, 9.17) is 4.98 Å². The Morgan fingerprint density at radius 1 is 0.852 bits per heavy atom. The van der Waals surface area contributed by atoms with Gasteiger partial charge in [-0.1, -0.05) is 60.7 Å². The van der Waals surface area contributed by atoms with Crippen LogP contribution in [0.5, 0.6) is 0 Å². The maximum Gasteiger partial charge on any atom is 0.0776 e. The zero-order chi connectivity index (χ0) is 18.5. The molecular weight excluding hydrogens is 330 g/mol. The summed E-state index contributed by atoms with van der Waals surface area (Å²) in [5, 5.41) is 3.51. The van der Waals surface area contributed by atoms with E-state index in [9.17, 15) is 0 Å². The van der Waals surface area contributed by atoms with Crippen LogP contribution in [-0.2, 0) is 0 Å². The molecule has 0 radical (unpaired) electrons. The summed E-state index contributed by atoms with van der Waals surface area (Å²) >= 11 is 0. The van der Waals surface area contributed by atoms with Crippen molar-refractivity contribution in [3.05, 3.63) is 89.7 Å². The predicted molar refractivity (Wildman–Crippen MR) is 112 cm³/mol. The summed E-state index contributed by atoms with van der Waals surface area (Å²) in [7, 11) is 0. The minimum Gasteiger partial charge on any atom is -0.315 e. The van der Waals surface area contributed by atoms with Crippen LogP contribution in [0.25, 0.3) is 11.1 Å². The molecule has 2 aromatic carbocycles. The first-order chi connectivity index (χ1) is 13.3. The number of rotatable bonds is 4. The van der Waals surface area contributed by atoms with Gasteiger partial charge in [0.1, 0.15) is 0 Å². The monoisotopic (exact) mass is 357 g/mol. The molecule has 3 heteroatoms. The molecule has 1 aromatic heterocycles. The van der Waals surface area contributed by atoms with Crippen LogP contribution in [0.15, 0.2) is 72.9 Å². The van der Waals surface area contributed by atoms with Crippen LogP contribution in [-0.4, -0.2) is 36.1 Å². The third kappa shape index (κ3) is 4.26. The lowest BCUT2D eigenvalue weighted by Gasteiger charge is -2.30. The third-order valence-corrected chi connectivity index (χ3v) is 5.29. The fourth-order valence-electron chi connectivity index (χ4n) is 3.82. The summed E-state index contributed by atoms with van der Waals surface area (Å²) in [4.78, 5) is 7.34. The quantitative estimate of drug-likeness (QED) is 0.748. The van der Waals surface area contributed by atoms with E-state index in [1.54, 1.807) is 0 Å². The van der Waals surface area contributed by atoms with E-state index < -0.39 is 0 Å². The number of nitrogens with zero attached hydrogens (tertiary/aromatic N) is 2. The van der Waals surface area contributed by atoms with Gasteiger partial charge in [-0.05, 0) is 48.2 Å². The first kappa shape index (κ1) is 17.9. The van der Waals surface area contributed by atoms with Gasteiger partial charge in [0.25, 0.3) is 0 Å². The number of aromatic nitrogens is 1. The summed E-state index contributed by atoms with van der Waals surface area (Å²) < 4.78 is 0. The number of nitrogens with one attached hydrogen (secondary N) is 1. The Hall–Kier alpha value is -2.49. The smallest absolute Gasteiger partial charge is 0.0776 e. The number of hydrogen-bond acceptors (Lipinski definition) is 3. The van der Waals surface area contributed by atoms with Crippen molar-refractivity contribution in [2.45, 2.75) is 19.4 Å². The number of pyridine rings is 1. The largest absolute Gasteiger partial charge is 0.315 e. The summed E-state index contributed by atoms with van der Waals surface area (Å²) in [6.45, 7) is 6.35. The van der Waals surface area contributed by atoms with E-state index in [0.29, 0.717) is 0 Å². The van der Waals surface area contributed by atoms with Gasteiger partial charge in [0.05, 0.1) is 11.7 Å². The summed E-state index contributed by atoms with van der Waals surface area (Å²) in [5.74, 6) is 0. The maximum atomic E-state index is 4.78. The van der Waals surface area contributed by atoms with Gasteiger partial charge in [0, 0.05) is 25.8 Å². The van der Waals surface area contributed by atoms with Crippen molar-refractivity contribution < 1.29 is 0 Å². The van der Waals surface area contributed by atoms with Crippen LogP contribution in [0, 0.1) is 6.92 Å². The second kappa shape index (κ2) is 8.47. The van der Waals surface area contributed by atoms with Crippen molar-refractivity contribution in [3.63, 3.8) is 0 Å². The Balaban J connectivity index is 1.68. The molecule has 0 amide bonds. The molecule has 1 aliphatic heterocycles. The molecule has 0 saturated carbocycles. The fourth-order valence-corrected chi connectivity index (χ4v) is 3.82. The lowest BCUT2D eigenvalue weighted by molar-refractivity contribution is 0.237. The molecule has 2 heterocycles. The Morgan fingerprint density at radius 3 is 2.37 bits per heavy atom. The van der Waals surface area contributed by atoms with Crippen LogP contribution in [0.4, 0.5) is 0 Å². The summed E-state index contributed by atoms with van der Waals surface area (Å²) in [6, 6.07) is 24.1. The molecule has 27 heavy (non-hydrogen) atoms. The lowest BCUT2D eigenvalue weighted by Crippen LogP contribution is -2.33. The first-order valence-corrected chi connectivity index (χ1v) is 9.84. The van der Waals surface area contributed by atoms with Crippen molar-refractivity contribution in [2.24, 2.45) is 0 Å². The van der Waals surface area contributed by atoms with Gasteiger partial charge in [-0.25, -0.2) is 0 Å². The van der Waals surface area contributed by atoms with Crippen molar-refractivity contribution in [1.82, 2.24) is 15.2 Å². The highest BCUT2D eigenvalue weighted by atomic mass is 15.2. The molecule has 1 aliphatic rings. The molecule has 1 fully saturated rings. The van der Waals surface area contributed by atoms with Gasteiger partial charge < -0.3 is 5.32 Å². The second-order valence-corrected chi connectivity index (χ2v) is 7.29. The van der Waals surface area contributed by atoms with E-state index in [-0.39, 0.29) is 6.04 Å². The maximum absolute atomic E-state index is 4.78. The van der Waals surface area contributed by atoms with E-state index in [0.717, 1.165) is 31.9 Å². The molecule has 0 aliphatic carbocycles. The van der Waals surface area contributed by atoms with Gasteiger partial charge in [-0.3, -0.25) is 9.88 Å². The van der Waals surface area contributed by atoms with E-state index >= 15 is 0 Å². The Morgan fingerprint density at radius 2 is 1.63 bits per heavy atom. The molecule has 1 unspecified atom stereocenters. The average Bonchev–Trinajstić information content (AvgIpc) is 3.00. The van der Waals surface area contributed by atoms with Gasteiger partial charge in [0.15, 0.2) is 0 Å². The number of hydrogen-bond donors (Lipinski definition) is 1. The highest BCUT2D eigenvalue weighted by molar-refractivity contribution is 5.63. The Bertz CT molecular complexity index is 833. The Kier molecular flexibility index (Phi) is 5.61. The first-order valence-electron chi connectivity index (χ1n) is 9.84. The third-order valence-electron chi connectivity index (χ3n) is 5.29. The standard InChI is InChI=1S/C24H27N3/c1-19-8-13-23(26-18-19)24(27-16-5-14-25-15-17-27)22-11-9-21(10-12-22)20-6-3-2-4-7-20/h2-4,6-13,18,24-25H,5,14-17H2,1H3. The summed E-state index contributed by atoms with van der Waals surface area (Å²) in [6.07, 6.45) is 3.15. The summed E-state index contributed by atoms with van der Waals surface area (Å²) in [5.41, 5.74) is 6.16. The predicted octanol–water partition coefficient (Wildman–Crippen LogP) is 4.44. The van der Waals surface area contributed by atoms with Crippen LogP contribution in [0.2, 0.25) is 0 Å². The van der Waals surface area contributed by atoms with Crippen LogP contribution >= 0.6 is 0 Å². The van der Waals surface area contributed by atoms with Crippen LogP contribution in [0.1, 0.15) is 29.3 Å². The molecule has 0 spiro atoms. The molecule has 138 valence electrons. The van der Waals surface area contributed by atoms with Crippen molar-refractivity contribution in [3.8, 4) is 11.1 Å². The molecule has 1 saturated heterocycles. The fraction of sp³-hybridized carbons (Fsp3) is 0.292. The molecule has 1 atom stereocenters. The van der Waals surface area contributed by atoms with E-state index in [1.807, 2.05) is 6.20 Å². The van der Waals surface area contributed by atoms with Crippen molar-refractivity contribution in [2.75, 3.05) is 26.2 Å². The van der Waals surface area contributed by atoms with Gasteiger partial charge in [-0.2, -0.15) is 0 Å². The van der Waals surface area contributed by atoms with Crippen LogP contribution < -0.4 is 5.32 Å². The average molecular weight is 358 g/mol. The molecule has 3 aromatic rings. The minimum atomic E-state index is 0.204. The van der Waals surface area contributed by atoms with Gasteiger partial charge in [0.2, 0.25) is 0 Å². The Labute approximate surface area is 162 Å². The van der Waals surface area contributed by atoms with Crippen LogP contribution in [0.3, 0.4) is 0 Å².